The number of aromatic amines is 1. The van der Waals surface area contributed by atoms with Crippen LogP contribution < -0.4 is 10.9 Å². The minimum atomic E-state index is -10.1. The molecule has 29 heavy (non-hydrogen) atoms. The van der Waals surface area contributed by atoms with E-state index in [1.54, 1.807) is 20.8 Å². The molecule has 1 aromatic carbocycles. The first kappa shape index (κ1) is 22.8. The van der Waals surface area contributed by atoms with Crippen LogP contribution >= 0.6 is 10.2 Å². The van der Waals surface area contributed by atoms with Gasteiger partial charge in [0.25, 0.3) is 11.5 Å². The Kier molecular flexibility index (Phi) is 4.91. The molecule has 2 N–H and O–H groups in total. The molecule has 0 bridgehead atoms. The van der Waals surface area contributed by atoms with Gasteiger partial charge in [-0.1, -0.05) is 46.3 Å². The van der Waals surface area contributed by atoms with Crippen LogP contribution in [-0.2, 0) is 0 Å². The summed E-state index contributed by atoms with van der Waals surface area (Å²) in [6.45, 7) is 6.11. The SMILES string of the molecule is Cc1nc(C(=O)N[C@H](c2ccc(S(F)(F)(F)(F)F)cc2F)C(C)(C)C)cc(=O)[nH]1. The van der Waals surface area contributed by atoms with E-state index in [2.05, 4.69) is 15.3 Å². The third kappa shape index (κ3) is 5.52. The highest BCUT2D eigenvalue weighted by atomic mass is 32.5. The number of halogens is 6. The van der Waals surface area contributed by atoms with E-state index in [4.69, 9.17) is 0 Å². The Labute approximate surface area is 162 Å². The van der Waals surface area contributed by atoms with Gasteiger partial charge in [-0.25, -0.2) is 9.37 Å². The number of nitrogens with zero attached hydrogens (tertiary/aromatic N) is 1. The molecule has 0 fully saturated rings. The summed E-state index contributed by atoms with van der Waals surface area (Å²) >= 11 is 0. The Morgan fingerprint density at radius 3 is 2.17 bits per heavy atom. The predicted octanol–water partition coefficient (Wildman–Crippen LogP) is 5.39. The van der Waals surface area contributed by atoms with Crippen molar-refractivity contribution in [2.75, 3.05) is 0 Å². The number of carbonyl (C=O) groups excluding carboxylic acids is 1. The zero-order valence-corrected chi connectivity index (χ0v) is 16.6. The Bertz CT molecular complexity index is 1030. The first-order chi connectivity index (χ1) is 12.8. The summed E-state index contributed by atoms with van der Waals surface area (Å²) in [5, 5.41) is 2.41. The van der Waals surface area contributed by atoms with Crippen molar-refractivity contribution in [2.24, 2.45) is 5.41 Å². The molecule has 5 nitrogen and oxygen atoms in total. The van der Waals surface area contributed by atoms with Crippen molar-refractivity contribution in [2.45, 2.75) is 38.6 Å². The molecule has 1 heterocycles. The van der Waals surface area contributed by atoms with Crippen molar-refractivity contribution in [1.29, 1.82) is 0 Å². The summed E-state index contributed by atoms with van der Waals surface area (Å²) in [5.41, 5.74) is -2.24. The Morgan fingerprint density at radius 2 is 1.72 bits per heavy atom. The molecule has 12 heteroatoms. The Hall–Kier alpha value is -2.50. The van der Waals surface area contributed by atoms with Crippen molar-refractivity contribution in [1.82, 2.24) is 15.3 Å². The van der Waals surface area contributed by atoms with Gasteiger partial charge in [0.1, 0.15) is 22.2 Å². The van der Waals surface area contributed by atoms with Gasteiger partial charge >= 0.3 is 10.2 Å². The summed E-state index contributed by atoms with van der Waals surface area (Å²) in [4.78, 5) is 27.8. The van der Waals surface area contributed by atoms with Crippen LogP contribution in [0.5, 0.6) is 0 Å². The molecule has 0 aliphatic heterocycles. The average molecular weight is 443 g/mol. The predicted molar refractivity (Wildman–Crippen MR) is 97.1 cm³/mol. The second-order valence-electron chi connectivity index (χ2n) is 7.64. The number of benzene rings is 1. The molecule has 0 saturated heterocycles. The molecule has 0 aliphatic carbocycles. The van der Waals surface area contributed by atoms with E-state index in [0.717, 1.165) is 6.07 Å². The Balaban J connectivity index is 2.49. The number of rotatable bonds is 4. The average Bonchev–Trinajstić information content (AvgIpc) is 2.48. The van der Waals surface area contributed by atoms with E-state index in [-0.39, 0.29) is 23.7 Å². The van der Waals surface area contributed by atoms with Crippen LogP contribution in [0.25, 0.3) is 0 Å². The maximum atomic E-state index is 14.4. The number of hydrogen-bond acceptors (Lipinski definition) is 3. The van der Waals surface area contributed by atoms with E-state index in [1.807, 2.05) is 0 Å². The normalized spacial score (nSPS) is 15.9. The molecule has 1 atom stereocenters. The van der Waals surface area contributed by atoms with Crippen molar-refractivity contribution in [3.63, 3.8) is 0 Å². The van der Waals surface area contributed by atoms with Crippen molar-refractivity contribution in [3.05, 3.63) is 57.5 Å². The van der Waals surface area contributed by atoms with Crippen molar-refractivity contribution in [3.8, 4) is 0 Å². The van der Waals surface area contributed by atoms with Gasteiger partial charge < -0.3 is 10.3 Å². The van der Waals surface area contributed by atoms with Crippen LogP contribution in [0.4, 0.5) is 23.8 Å². The van der Waals surface area contributed by atoms with Crippen LogP contribution in [0, 0.1) is 18.2 Å². The van der Waals surface area contributed by atoms with Crippen LogP contribution in [0.2, 0.25) is 0 Å². The van der Waals surface area contributed by atoms with E-state index >= 15 is 0 Å². The standard InChI is InChI=1S/C17H19F6N3O2S/c1-9-24-13(8-14(27)25-9)16(28)26-15(17(2,3)4)11-6-5-10(7-12(11)18)29(19,20,21,22)23/h5-8,15H,1-4H3,(H,26,28)(H,24,25,27)/t15-/m1/s1. The molecule has 2 rings (SSSR count). The van der Waals surface area contributed by atoms with Gasteiger partial charge in [0.2, 0.25) is 0 Å². The minimum Gasteiger partial charge on any atom is -0.343 e. The highest BCUT2D eigenvalue weighted by Gasteiger charge is 2.65. The number of aryl methyl sites for hydroxylation is 1. The molecule has 162 valence electrons. The molecular weight excluding hydrogens is 424 g/mol. The summed E-state index contributed by atoms with van der Waals surface area (Å²) < 4.78 is 79.1. The molecule has 0 spiro atoms. The molecule has 2 aromatic rings. The van der Waals surface area contributed by atoms with Gasteiger partial charge in [-0.3, -0.25) is 9.59 Å². The van der Waals surface area contributed by atoms with Crippen LogP contribution in [-0.4, -0.2) is 15.9 Å². The highest BCUT2D eigenvalue weighted by molar-refractivity contribution is 8.45. The first-order valence-electron chi connectivity index (χ1n) is 8.20. The summed E-state index contributed by atoms with van der Waals surface area (Å²) in [6.07, 6.45) is 0. The fourth-order valence-corrected chi connectivity index (χ4v) is 3.29. The molecule has 0 radical (unpaired) electrons. The minimum absolute atomic E-state index is 0.0838. The smallest absolute Gasteiger partial charge is 0.310 e. The number of hydrogen-bond donors (Lipinski definition) is 2. The third-order valence-corrected chi connectivity index (χ3v) is 5.11. The van der Waals surface area contributed by atoms with Crippen molar-refractivity contribution >= 4 is 16.1 Å². The van der Waals surface area contributed by atoms with Gasteiger partial charge in [0.05, 0.1) is 6.04 Å². The Morgan fingerprint density at radius 1 is 1.14 bits per heavy atom. The monoisotopic (exact) mass is 443 g/mol. The second kappa shape index (κ2) is 6.25. The molecule has 1 amide bonds. The topological polar surface area (TPSA) is 74.8 Å². The summed E-state index contributed by atoms with van der Waals surface area (Å²) in [5.74, 6) is -2.29. The van der Waals surface area contributed by atoms with Crippen LogP contribution in [0.15, 0.2) is 34.0 Å². The number of amides is 1. The van der Waals surface area contributed by atoms with Gasteiger partial charge in [-0.05, 0) is 24.5 Å². The van der Waals surface area contributed by atoms with Gasteiger partial charge in [-0.15, -0.1) is 0 Å². The number of H-pyrrole nitrogens is 1. The molecule has 0 saturated carbocycles. The molecule has 0 unspecified atom stereocenters. The number of carbonyl (C=O) groups is 1. The zero-order chi connectivity index (χ0) is 22.5. The number of aromatic nitrogens is 2. The van der Waals surface area contributed by atoms with Crippen molar-refractivity contribution < 1.29 is 28.6 Å². The lowest BCUT2D eigenvalue weighted by atomic mass is 9.82. The van der Waals surface area contributed by atoms with Crippen LogP contribution in [0.1, 0.15) is 48.7 Å². The van der Waals surface area contributed by atoms with E-state index < -0.39 is 49.4 Å². The van der Waals surface area contributed by atoms with Gasteiger partial charge in [-0.2, -0.15) is 0 Å². The lowest BCUT2D eigenvalue weighted by molar-refractivity contribution is 0.0894. The number of nitrogens with one attached hydrogen (secondary N) is 2. The van der Waals surface area contributed by atoms with Gasteiger partial charge in [0.15, 0.2) is 0 Å². The van der Waals surface area contributed by atoms with Crippen LogP contribution in [0.3, 0.4) is 0 Å². The maximum Gasteiger partial charge on any atom is 0.310 e. The summed E-state index contributed by atoms with van der Waals surface area (Å²) in [6, 6.07) is 0.0620. The zero-order valence-electron chi connectivity index (χ0n) is 15.8. The molecular formula is C17H19F6N3O2S. The fourth-order valence-electron chi connectivity index (χ4n) is 2.64. The lowest BCUT2D eigenvalue weighted by Crippen LogP contribution is -2.38. The molecule has 0 aliphatic rings. The maximum absolute atomic E-state index is 14.4. The van der Waals surface area contributed by atoms with E-state index in [9.17, 15) is 33.4 Å². The second-order valence-corrected chi connectivity index (χ2v) is 10.1. The largest absolute Gasteiger partial charge is 0.343 e. The van der Waals surface area contributed by atoms with E-state index in [1.165, 1.54) is 6.92 Å². The molecule has 1 aromatic heterocycles. The first-order valence-corrected chi connectivity index (χ1v) is 10.2. The fraction of sp³-hybridized carbons (Fsp3) is 0.353. The highest BCUT2D eigenvalue weighted by Crippen LogP contribution is 3.02. The quantitative estimate of drug-likeness (QED) is 0.622. The third-order valence-electron chi connectivity index (χ3n) is 3.96. The summed E-state index contributed by atoms with van der Waals surface area (Å²) in [7, 11) is -10.1. The van der Waals surface area contributed by atoms with Gasteiger partial charge in [0, 0.05) is 11.6 Å². The van der Waals surface area contributed by atoms with E-state index in [0.29, 0.717) is 6.07 Å². The lowest BCUT2D eigenvalue weighted by Gasteiger charge is -2.41.